The van der Waals surface area contributed by atoms with E-state index in [1.165, 1.54) is 12.1 Å². The molecule has 1 aliphatic rings. The van der Waals surface area contributed by atoms with Crippen molar-refractivity contribution in [1.29, 1.82) is 0 Å². The van der Waals surface area contributed by atoms with Crippen LogP contribution in [0.15, 0.2) is 42.5 Å². The Morgan fingerprint density at radius 2 is 1.80 bits per heavy atom. The van der Waals surface area contributed by atoms with Gasteiger partial charge in [0.2, 0.25) is 15.9 Å². The van der Waals surface area contributed by atoms with Gasteiger partial charge in [0.05, 0.1) is 12.3 Å². The van der Waals surface area contributed by atoms with Gasteiger partial charge in [0.15, 0.2) is 0 Å². The monoisotopic (exact) mass is 436 g/mol. The topological polar surface area (TPSA) is 66.5 Å². The van der Waals surface area contributed by atoms with Crippen molar-refractivity contribution < 1.29 is 22.0 Å². The summed E-state index contributed by atoms with van der Waals surface area (Å²) in [5, 5.41) is 0. The summed E-state index contributed by atoms with van der Waals surface area (Å²) in [7, 11) is -3.43. The summed E-state index contributed by atoms with van der Waals surface area (Å²) < 4.78 is 53.5. The molecular formula is C22H26F2N2O3S. The third kappa shape index (κ3) is 5.43. The molecule has 8 heteroatoms. The smallest absolute Gasteiger partial charge is 0.225 e. The van der Waals surface area contributed by atoms with Gasteiger partial charge in [0.25, 0.3) is 0 Å². The second-order valence-electron chi connectivity index (χ2n) is 8.10. The van der Waals surface area contributed by atoms with Gasteiger partial charge in [0.1, 0.15) is 11.6 Å². The van der Waals surface area contributed by atoms with E-state index >= 15 is 0 Å². The zero-order valence-electron chi connectivity index (χ0n) is 17.2. The predicted molar refractivity (Wildman–Crippen MR) is 112 cm³/mol. The van der Waals surface area contributed by atoms with Crippen LogP contribution < -0.4 is 4.72 Å². The third-order valence-electron chi connectivity index (χ3n) is 5.26. The van der Waals surface area contributed by atoms with Crippen molar-refractivity contribution >= 4 is 15.9 Å². The Hall–Kier alpha value is -2.32. The molecule has 0 unspecified atom stereocenters. The number of hydrogen-bond acceptors (Lipinski definition) is 3. The molecule has 1 aliphatic heterocycles. The minimum atomic E-state index is -3.43. The molecule has 0 aromatic heterocycles. The van der Waals surface area contributed by atoms with Crippen LogP contribution in [0.1, 0.15) is 25.8 Å². The molecule has 5 nitrogen and oxygen atoms in total. The van der Waals surface area contributed by atoms with Crippen LogP contribution in [0.25, 0.3) is 11.1 Å². The highest BCUT2D eigenvalue weighted by atomic mass is 32.2. The Labute approximate surface area is 176 Å². The number of carbonyl (C=O) groups is 1. The maximum Gasteiger partial charge on any atom is 0.225 e. The van der Waals surface area contributed by atoms with Gasteiger partial charge in [-0.2, -0.15) is 0 Å². The highest BCUT2D eigenvalue weighted by Crippen LogP contribution is 2.27. The van der Waals surface area contributed by atoms with Gasteiger partial charge in [-0.05, 0) is 41.7 Å². The maximum atomic E-state index is 13.6. The lowest BCUT2D eigenvalue weighted by atomic mass is 9.96. The zero-order chi connectivity index (χ0) is 22.1. The number of hydrogen-bond donors (Lipinski definition) is 1. The largest absolute Gasteiger partial charge is 0.337 e. The van der Waals surface area contributed by atoms with Crippen LogP contribution in [0.3, 0.4) is 0 Å². The molecule has 2 atom stereocenters. The fraction of sp³-hybridized carbons (Fsp3) is 0.409. The Balaban J connectivity index is 1.91. The Morgan fingerprint density at radius 1 is 1.13 bits per heavy atom. The molecule has 1 N–H and O–H groups in total. The first-order valence-corrected chi connectivity index (χ1v) is 11.8. The van der Waals surface area contributed by atoms with Gasteiger partial charge in [-0.3, -0.25) is 4.79 Å². The highest BCUT2D eigenvalue weighted by molar-refractivity contribution is 7.88. The van der Waals surface area contributed by atoms with E-state index < -0.39 is 27.7 Å². The molecule has 30 heavy (non-hydrogen) atoms. The van der Waals surface area contributed by atoms with E-state index in [2.05, 4.69) is 4.72 Å². The first-order valence-electron chi connectivity index (χ1n) is 9.86. The standard InChI is InChI=1S/C22H26F2N2O3S/c1-14(2)22(27)26-8-7-20(25-30(3,28)29)21(26)10-15-5-4-6-16(9-15)17-11-18(23)13-19(24)12-17/h4-6,9,11-14,20-21,25H,7-8,10H2,1-3H3/t20-,21-/m1/s1. The molecule has 3 rings (SSSR count). The number of rotatable bonds is 6. The molecule has 0 saturated carbocycles. The van der Waals surface area contributed by atoms with Gasteiger partial charge in [-0.25, -0.2) is 21.9 Å². The normalized spacial score (nSPS) is 19.5. The molecule has 0 bridgehead atoms. The van der Waals surface area contributed by atoms with E-state index in [-0.39, 0.29) is 17.9 Å². The average Bonchev–Trinajstić information content (AvgIpc) is 3.01. The Morgan fingerprint density at radius 3 is 2.40 bits per heavy atom. The van der Waals surface area contributed by atoms with Crippen LogP contribution in [-0.2, 0) is 21.2 Å². The summed E-state index contributed by atoms with van der Waals surface area (Å²) in [6.45, 7) is 4.11. The Bertz CT molecular complexity index is 1020. The van der Waals surface area contributed by atoms with E-state index in [1.54, 1.807) is 17.0 Å². The molecule has 1 heterocycles. The molecule has 162 valence electrons. The van der Waals surface area contributed by atoms with Crippen LogP contribution in [0.5, 0.6) is 0 Å². The number of likely N-dealkylation sites (tertiary alicyclic amines) is 1. The lowest BCUT2D eigenvalue weighted by Crippen LogP contribution is -2.48. The zero-order valence-corrected chi connectivity index (χ0v) is 18.0. The van der Waals surface area contributed by atoms with E-state index in [0.717, 1.165) is 17.9 Å². The molecule has 1 saturated heterocycles. The summed E-state index contributed by atoms with van der Waals surface area (Å²) >= 11 is 0. The summed E-state index contributed by atoms with van der Waals surface area (Å²) in [6.07, 6.45) is 2.07. The fourth-order valence-corrected chi connectivity index (χ4v) is 4.79. The summed E-state index contributed by atoms with van der Waals surface area (Å²) in [5.41, 5.74) is 1.92. The van der Waals surface area contributed by atoms with E-state index in [0.29, 0.717) is 30.5 Å². The van der Waals surface area contributed by atoms with Crippen molar-refractivity contribution in [3.8, 4) is 11.1 Å². The lowest BCUT2D eigenvalue weighted by molar-refractivity contribution is -0.135. The summed E-state index contributed by atoms with van der Waals surface area (Å²) in [4.78, 5) is 14.4. The van der Waals surface area contributed by atoms with Crippen molar-refractivity contribution in [2.75, 3.05) is 12.8 Å². The maximum absolute atomic E-state index is 13.6. The van der Waals surface area contributed by atoms with Crippen LogP contribution >= 0.6 is 0 Å². The summed E-state index contributed by atoms with van der Waals surface area (Å²) in [6, 6.07) is 9.86. The molecule has 2 aromatic carbocycles. The van der Waals surface area contributed by atoms with Crippen LogP contribution in [0, 0.1) is 17.6 Å². The first-order chi connectivity index (χ1) is 14.0. The third-order valence-corrected chi connectivity index (χ3v) is 5.99. The molecule has 0 radical (unpaired) electrons. The molecule has 2 aromatic rings. The Kier molecular flexibility index (Phi) is 6.57. The van der Waals surface area contributed by atoms with Gasteiger partial charge in [-0.1, -0.05) is 38.1 Å². The van der Waals surface area contributed by atoms with Crippen molar-refractivity contribution in [2.45, 2.75) is 38.8 Å². The average molecular weight is 437 g/mol. The van der Waals surface area contributed by atoms with E-state index in [9.17, 15) is 22.0 Å². The summed E-state index contributed by atoms with van der Waals surface area (Å²) in [5.74, 6) is -1.54. The molecule has 0 spiro atoms. The van der Waals surface area contributed by atoms with Crippen LogP contribution in [0.4, 0.5) is 8.78 Å². The second-order valence-corrected chi connectivity index (χ2v) is 9.88. The number of carbonyl (C=O) groups excluding carboxylic acids is 1. The molecular weight excluding hydrogens is 410 g/mol. The molecule has 0 aliphatic carbocycles. The number of halogens is 2. The highest BCUT2D eigenvalue weighted by Gasteiger charge is 2.38. The number of amides is 1. The van der Waals surface area contributed by atoms with E-state index in [4.69, 9.17) is 0 Å². The predicted octanol–water partition coefficient (Wildman–Crippen LogP) is 3.35. The SMILES string of the molecule is CC(C)C(=O)N1CC[C@@H](NS(C)(=O)=O)[C@H]1Cc1cccc(-c2cc(F)cc(F)c2)c1. The number of nitrogens with one attached hydrogen (secondary N) is 1. The van der Waals surface area contributed by atoms with Crippen molar-refractivity contribution in [2.24, 2.45) is 5.92 Å². The first kappa shape index (κ1) is 22.4. The van der Waals surface area contributed by atoms with Crippen molar-refractivity contribution in [1.82, 2.24) is 9.62 Å². The lowest BCUT2D eigenvalue weighted by Gasteiger charge is -2.30. The second kappa shape index (κ2) is 8.81. The van der Waals surface area contributed by atoms with Gasteiger partial charge in [-0.15, -0.1) is 0 Å². The minimum absolute atomic E-state index is 0.0267. The van der Waals surface area contributed by atoms with Crippen molar-refractivity contribution in [3.63, 3.8) is 0 Å². The number of benzene rings is 2. The van der Waals surface area contributed by atoms with Gasteiger partial charge in [0, 0.05) is 24.6 Å². The molecule has 1 fully saturated rings. The van der Waals surface area contributed by atoms with Crippen molar-refractivity contribution in [3.05, 3.63) is 59.7 Å². The van der Waals surface area contributed by atoms with Crippen LogP contribution in [-0.4, -0.2) is 44.1 Å². The van der Waals surface area contributed by atoms with Gasteiger partial charge < -0.3 is 4.90 Å². The quantitative estimate of drug-likeness (QED) is 0.755. The van der Waals surface area contributed by atoms with Crippen LogP contribution in [0.2, 0.25) is 0 Å². The van der Waals surface area contributed by atoms with E-state index in [1.807, 2.05) is 26.0 Å². The number of sulfonamides is 1. The molecule has 1 amide bonds. The fourth-order valence-electron chi connectivity index (χ4n) is 3.96. The van der Waals surface area contributed by atoms with Gasteiger partial charge >= 0.3 is 0 Å². The number of nitrogens with zero attached hydrogens (tertiary/aromatic N) is 1. The minimum Gasteiger partial charge on any atom is -0.337 e.